The minimum absolute atomic E-state index is 0.110. The zero-order chi connectivity index (χ0) is 13.4. The van der Waals surface area contributed by atoms with Crippen molar-refractivity contribution < 1.29 is 9.53 Å². The highest BCUT2D eigenvalue weighted by atomic mass is 79.9. The summed E-state index contributed by atoms with van der Waals surface area (Å²) < 4.78 is 7.00. The molecule has 0 atom stereocenters. The van der Waals surface area contributed by atoms with Crippen LogP contribution in [0, 0.1) is 0 Å². The van der Waals surface area contributed by atoms with E-state index in [2.05, 4.69) is 43.8 Å². The fraction of sp³-hybridized carbons (Fsp3) is 0.308. The smallest absolute Gasteiger partial charge is 0.252 e. The van der Waals surface area contributed by atoms with Crippen molar-refractivity contribution in [3.63, 3.8) is 0 Å². The lowest BCUT2D eigenvalue weighted by Gasteiger charge is -2.07. The molecule has 0 saturated heterocycles. The van der Waals surface area contributed by atoms with E-state index in [1.807, 2.05) is 12.1 Å². The van der Waals surface area contributed by atoms with Crippen LogP contribution in [0.1, 0.15) is 16.8 Å². The lowest BCUT2D eigenvalue weighted by Crippen LogP contribution is -2.27. The lowest BCUT2D eigenvalue weighted by atomic mass is 10.2. The minimum Gasteiger partial charge on any atom is -0.379 e. The quantitative estimate of drug-likeness (QED) is 0.583. The fourth-order valence-corrected chi connectivity index (χ4v) is 2.50. The summed E-state index contributed by atoms with van der Waals surface area (Å²) in [6, 6.07) is 5.44. The first-order chi connectivity index (χ1) is 8.65. The van der Waals surface area contributed by atoms with E-state index in [1.54, 1.807) is 12.1 Å². The Kier molecular flexibility index (Phi) is 7.23. The number of nitrogens with one attached hydrogen (secondary N) is 1. The molecule has 5 heteroatoms. The van der Waals surface area contributed by atoms with Gasteiger partial charge in [-0.1, -0.05) is 22.0 Å². The Balaban J connectivity index is 2.34. The highest BCUT2D eigenvalue weighted by Gasteiger charge is 2.09. The van der Waals surface area contributed by atoms with Gasteiger partial charge in [0.2, 0.25) is 0 Å². The topological polar surface area (TPSA) is 38.3 Å². The van der Waals surface area contributed by atoms with E-state index in [0.29, 0.717) is 25.3 Å². The number of carbonyl (C=O) groups excluding carboxylic acids is 1. The second-order valence-corrected chi connectivity index (χ2v) is 5.34. The van der Waals surface area contributed by atoms with Crippen LogP contribution in [-0.2, 0) is 4.74 Å². The number of amides is 1. The third kappa shape index (κ3) is 5.33. The highest BCUT2D eigenvalue weighted by Crippen LogP contribution is 2.21. The standard InChI is InChI=1S/C13H15Br2NO2/c1-2-3-7-18-8-6-16-13(17)11-5-4-10(14)9-12(11)15/h2,4-5,9H,1,3,6-8H2,(H,16,17). The summed E-state index contributed by atoms with van der Waals surface area (Å²) in [5.41, 5.74) is 0.615. The summed E-state index contributed by atoms with van der Waals surface area (Å²) in [4.78, 5) is 11.8. The second-order valence-electron chi connectivity index (χ2n) is 3.57. The summed E-state index contributed by atoms with van der Waals surface area (Å²) in [5, 5.41) is 2.80. The van der Waals surface area contributed by atoms with Crippen LogP contribution in [0.2, 0.25) is 0 Å². The average molecular weight is 377 g/mol. The van der Waals surface area contributed by atoms with Crippen molar-refractivity contribution in [3.05, 3.63) is 45.4 Å². The molecule has 0 heterocycles. The maximum atomic E-state index is 11.8. The molecule has 98 valence electrons. The maximum absolute atomic E-state index is 11.8. The monoisotopic (exact) mass is 375 g/mol. The molecule has 0 radical (unpaired) electrons. The molecule has 0 fully saturated rings. The van der Waals surface area contributed by atoms with E-state index < -0.39 is 0 Å². The second kappa shape index (κ2) is 8.45. The van der Waals surface area contributed by atoms with E-state index >= 15 is 0 Å². The highest BCUT2D eigenvalue weighted by molar-refractivity contribution is 9.11. The summed E-state index contributed by atoms with van der Waals surface area (Å²) in [7, 11) is 0. The van der Waals surface area contributed by atoms with Crippen LogP contribution in [-0.4, -0.2) is 25.7 Å². The van der Waals surface area contributed by atoms with Crippen LogP contribution >= 0.6 is 31.9 Å². The number of halogens is 2. The van der Waals surface area contributed by atoms with Crippen LogP contribution in [0.5, 0.6) is 0 Å². The minimum atomic E-state index is -0.110. The Morgan fingerprint density at radius 1 is 1.39 bits per heavy atom. The molecule has 18 heavy (non-hydrogen) atoms. The molecule has 0 aliphatic carbocycles. The van der Waals surface area contributed by atoms with Crippen LogP contribution < -0.4 is 5.32 Å². The Labute approximate surface area is 124 Å². The predicted molar refractivity (Wildman–Crippen MR) is 79.8 cm³/mol. The van der Waals surface area contributed by atoms with E-state index in [1.165, 1.54) is 0 Å². The summed E-state index contributed by atoms with van der Waals surface area (Å²) in [6.45, 7) is 5.25. The molecule has 1 rings (SSSR count). The number of rotatable bonds is 7. The van der Waals surface area contributed by atoms with Crippen molar-refractivity contribution in [2.45, 2.75) is 6.42 Å². The van der Waals surface area contributed by atoms with Crippen LogP contribution in [0.15, 0.2) is 39.8 Å². The van der Waals surface area contributed by atoms with Crippen molar-refractivity contribution in [1.29, 1.82) is 0 Å². The van der Waals surface area contributed by atoms with Crippen LogP contribution in [0.3, 0.4) is 0 Å². The zero-order valence-corrected chi connectivity index (χ0v) is 13.1. The molecule has 1 aromatic rings. The van der Waals surface area contributed by atoms with Gasteiger partial charge in [0, 0.05) is 15.5 Å². The van der Waals surface area contributed by atoms with Crippen LogP contribution in [0.25, 0.3) is 0 Å². The Hall–Kier alpha value is -0.650. The third-order valence-corrected chi connectivity index (χ3v) is 3.32. The van der Waals surface area contributed by atoms with Gasteiger partial charge in [0.1, 0.15) is 0 Å². The van der Waals surface area contributed by atoms with Gasteiger partial charge in [0.15, 0.2) is 0 Å². The van der Waals surface area contributed by atoms with Gasteiger partial charge in [-0.2, -0.15) is 0 Å². The normalized spacial score (nSPS) is 10.1. The Morgan fingerprint density at radius 2 is 2.17 bits per heavy atom. The first-order valence-electron chi connectivity index (χ1n) is 5.57. The molecule has 0 aliphatic rings. The third-order valence-electron chi connectivity index (χ3n) is 2.17. The van der Waals surface area contributed by atoms with Gasteiger partial charge < -0.3 is 10.1 Å². The van der Waals surface area contributed by atoms with E-state index in [4.69, 9.17) is 4.74 Å². The molecule has 1 aromatic carbocycles. The van der Waals surface area contributed by atoms with Gasteiger partial charge in [-0.15, -0.1) is 6.58 Å². The molecule has 1 amide bonds. The number of benzene rings is 1. The summed E-state index contributed by atoms with van der Waals surface area (Å²) in [6.07, 6.45) is 2.63. The first kappa shape index (κ1) is 15.4. The van der Waals surface area contributed by atoms with Crippen molar-refractivity contribution in [2.24, 2.45) is 0 Å². The van der Waals surface area contributed by atoms with Crippen molar-refractivity contribution in [2.75, 3.05) is 19.8 Å². The van der Waals surface area contributed by atoms with E-state index in [0.717, 1.165) is 15.4 Å². The first-order valence-corrected chi connectivity index (χ1v) is 7.15. The molecule has 1 N–H and O–H groups in total. The molecule has 0 spiro atoms. The van der Waals surface area contributed by atoms with Crippen molar-refractivity contribution >= 4 is 37.8 Å². The predicted octanol–water partition coefficient (Wildman–Crippen LogP) is 3.53. The fourth-order valence-electron chi connectivity index (χ4n) is 1.27. The summed E-state index contributed by atoms with van der Waals surface area (Å²) >= 11 is 6.70. The SMILES string of the molecule is C=CCCOCCNC(=O)c1ccc(Br)cc1Br. The van der Waals surface area contributed by atoms with Crippen LogP contribution in [0.4, 0.5) is 0 Å². The Bertz CT molecular complexity index is 421. The number of hydrogen-bond donors (Lipinski definition) is 1. The van der Waals surface area contributed by atoms with Gasteiger partial charge >= 0.3 is 0 Å². The molecule has 0 aliphatic heterocycles. The molecule has 0 aromatic heterocycles. The van der Waals surface area contributed by atoms with Gasteiger partial charge in [-0.3, -0.25) is 4.79 Å². The molecule has 0 bridgehead atoms. The molecule has 0 unspecified atom stereocenters. The van der Waals surface area contributed by atoms with E-state index in [-0.39, 0.29) is 5.91 Å². The summed E-state index contributed by atoms with van der Waals surface area (Å²) in [5.74, 6) is -0.110. The Morgan fingerprint density at radius 3 is 2.83 bits per heavy atom. The van der Waals surface area contributed by atoms with Crippen molar-refractivity contribution in [1.82, 2.24) is 5.32 Å². The van der Waals surface area contributed by atoms with E-state index in [9.17, 15) is 4.79 Å². The molecular formula is C13H15Br2NO2. The number of carbonyl (C=O) groups is 1. The molecular weight excluding hydrogens is 362 g/mol. The largest absolute Gasteiger partial charge is 0.379 e. The van der Waals surface area contributed by atoms with Crippen molar-refractivity contribution in [3.8, 4) is 0 Å². The van der Waals surface area contributed by atoms with Gasteiger partial charge in [-0.25, -0.2) is 0 Å². The lowest BCUT2D eigenvalue weighted by molar-refractivity contribution is 0.0917. The number of ether oxygens (including phenoxy) is 1. The zero-order valence-electron chi connectivity index (χ0n) is 9.92. The maximum Gasteiger partial charge on any atom is 0.252 e. The number of hydrogen-bond acceptors (Lipinski definition) is 2. The molecule has 3 nitrogen and oxygen atoms in total. The molecule has 0 saturated carbocycles. The van der Waals surface area contributed by atoms with Gasteiger partial charge in [-0.05, 0) is 40.5 Å². The van der Waals surface area contributed by atoms with Gasteiger partial charge in [0.05, 0.1) is 18.8 Å². The van der Waals surface area contributed by atoms with Gasteiger partial charge in [0.25, 0.3) is 5.91 Å². The average Bonchev–Trinajstić information content (AvgIpc) is 2.33.